The van der Waals surface area contributed by atoms with Gasteiger partial charge in [-0.2, -0.15) is 0 Å². The van der Waals surface area contributed by atoms with Crippen LogP contribution in [0.4, 0.5) is 10.1 Å². The summed E-state index contributed by atoms with van der Waals surface area (Å²) in [7, 11) is -3.84. The van der Waals surface area contributed by atoms with Crippen LogP contribution in [0.25, 0.3) is 10.8 Å². The second kappa shape index (κ2) is 10.2. The second-order valence-electron chi connectivity index (χ2n) is 7.20. The number of hydrogen-bond donors (Lipinski definition) is 1. The van der Waals surface area contributed by atoms with E-state index in [2.05, 4.69) is 5.32 Å². The fraction of sp³-hybridized carbons (Fsp3) is 0.261. The van der Waals surface area contributed by atoms with E-state index in [-0.39, 0.29) is 30.3 Å². The molecule has 1 N–H and O–H groups in total. The number of amides is 1. The van der Waals surface area contributed by atoms with E-state index in [1.807, 2.05) is 42.5 Å². The Morgan fingerprint density at radius 1 is 1.16 bits per heavy atom. The molecule has 0 aliphatic rings. The average Bonchev–Trinajstić information content (AvgIpc) is 2.76. The van der Waals surface area contributed by atoms with Crippen molar-refractivity contribution in [1.29, 1.82) is 0 Å². The van der Waals surface area contributed by atoms with Gasteiger partial charge in [-0.25, -0.2) is 12.8 Å². The molecule has 170 valence electrons. The van der Waals surface area contributed by atoms with Crippen molar-refractivity contribution in [2.75, 3.05) is 23.7 Å². The minimum atomic E-state index is -3.84. The fourth-order valence-electron chi connectivity index (χ4n) is 3.46. The molecule has 1 atom stereocenters. The monoisotopic (exact) mass is 478 g/mol. The summed E-state index contributed by atoms with van der Waals surface area (Å²) in [4.78, 5) is 12.8. The lowest BCUT2D eigenvalue weighted by molar-refractivity contribution is -0.122. The van der Waals surface area contributed by atoms with Gasteiger partial charge in [-0.05, 0) is 36.1 Å². The minimum absolute atomic E-state index is 0.118. The molecule has 0 radical (unpaired) electrons. The highest BCUT2D eigenvalue weighted by molar-refractivity contribution is 7.92. The van der Waals surface area contributed by atoms with Crippen LogP contribution in [-0.2, 0) is 14.8 Å². The van der Waals surface area contributed by atoms with E-state index in [0.29, 0.717) is 5.75 Å². The van der Waals surface area contributed by atoms with Crippen LogP contribution in [0.3, 0.4) is 0 Å². The van der Waals surface area contributed by atoms with Crippen LogP contribution in [0, 0.1) is 5.82 Å². The van der Waals surface area contributed by atoms with E-state index in [9.17, 15) is 17.6 Å². The van der Waals surface area contributed by atoms with Gasteiger partial charge in [0.15, 0.2) is 0 Å². The highest BCUT2D eigenvalue weighted by Gasteiger charge is 2.31. The standard InChI is InChI=1S/C23H24ClFN2O4S/c1-3-21(27(32(2,29)30)17-11-12-20(25)19(24)15-17)23(28)26-13-14-31-22-10-6-8-16-7-4-5-9-18(16)22/h4-12,15,21H,3,13-14H2,1-2H3,(H,26,28)/t21-/m0/s1. The zero-order chi connectivity index (χ0) is 23.3. The molecule has 0 spiro atoms. The largest absolute Gasteiger partial charge is 0.491 e. The molecule has 32 heavy (non-hydrogen) atoms. The van der Waals surface area contributed by atoms with Gasteiger partial charge in [-0.15, -0.1) is 0 Å². The summed E-state index contributed by atoms with van der Waals surface area (Å²) in [6.07, 6.45) is 1.20. The van der Waals surface area contributed by atoms with Crippen molar-refractivity contribution in [2.45, 2.75) is 19.4 Å². The zero-order valence-corrected chi connectivity index (χ0v) is 19.3. The first kappa shape index (κ1) is 23.8. The number of hydrogen-bond acceptors (Lipinski definition) is 4. The predicted octanol–water partition coefficient (Wildman–Crippen LogP) is 4.37. The molecule has 1 amide bonds. The summed E-state index contributed by atoms with van der Waals surface area (Å²) in [5, 5.41) is 4.50. The molecule has 0 fully saturated rings. The van der Waals surface area contributed by atoms with Crippen LogP contribution in [0.1, 0.15) is 13.3 Å². The Morgan fingerprint density at radius 3 is 2.56 bits per heavy atom. The first-order valence-corrected chi connectivity index (χ1v) is 12.3. The number of anilines is 1. The van der Waals surface area contributed by atoms with Crippen molar-refractivity contribution < 1.29 is 22.3 Å². The first-order valence-electron chi connectivity index (χ1n) is 10.0. The number of nitrogens with zero attached hydrogens (tertiary/aromatic N) is 1. The van der Waals surface area contributed by atoms with Crippen LogP contribution in [0.15, 0.2) is 60.7 Å². The van der Waals surface area contributed by atoms with Gasteiger partial charge in [0.25, 0.3) is 0 Å². The number of halogens is 2. The van der Waals surface area contributed by atoms with Crippen molar-refractivity contribution >= 4 is 44.0 Å². The molecule has 0 unspecified atom stereocenters. The number of carbonyl (C=O) groups excluding carboxylic acids is 1. The molecule has 0 heterocycles. The molecule has 0 saturated heterocycles. The average molecular weight is 479 g/mol. The number of fused-ring (bicyclic) bond motifs is 1. The van der Waals surface area contributed by atoms with Crippen molar-refractivity contribution in [2.24, 2.45) is 0 Å². The van der Waals surface area contributed by atoms with Gasteiger partial charge in [-0.3, -0.25) is 9.10 Å². The van der Waals surface area contributed by atoms with Crippen LogP contribution < -0.4 is 14.4 Å². The van der Waals surface area contributed by atoms with Gasteiger partial charge < -0.3 is 10.1 Å². The Bertz CT molecular complexity index is 1210. The zero-order valence-electron chi connectivity index (χ0n) is 17.7. The van der Waals surface area contributed by atoms with Crippen LogP contribution in [0.2, 0.25) is 5.02 Å². The lowest BCUT2D eigenvalue weighted by Gasteiger charge is -2.30. The highest BCUT2D eigenvalue weighted by atomic mass is 35.5. The Kier molecular flexibility index (Phi) is 7.58. The number of rotatable bonds is 9. The Hall–Kier alpha value is -2.84. The number of ether oxygens (including phenoxy) is 1. The third-order valence-corrected chi connectivity index (χ3v) is 6.37. The molecule has 0 saturated carbocycles. The molecular formula is C23H24ClFN2O4S. The van der Waals surface area contributed by atoms with Gasteiger partial charge in [0.2, 0.25) is 15.9 Å². The van der Waals surface area contributed by atoms with E-state index in [0.717, 1.165) is 27.4 Å². The first-order chi connectivity index (χ1) is 15.2. The summed E-state index contributed by atoms with van der Waals surface area (Å²) >= 11 is 5.82. The van der Waals surface area contributed by atoms with E-state index < -0.39 is 27.8 Å². The third kappa shape index (κ3) is 5.49. The quantitative estimate of drug-likeness (QED) is 0.463. The maximum absolute atomic E-state index is 13.6. The number of nitrogens with one attached hydrogen (secondary N) is 1. The van der Waals surface area contributed by atoms with Crippen LogP contribution in [0.5, 0.6) is 5.75 Å². The number of sulfonamides is 1. The Balaban J connectivity index is 1.69. The Labute approximate surface area is 192 Å². The molecule has 6 nitrogen and oxygen atoms in total. The molecule has 0 aliphatic heterocycles. The molecule has 3 rings (SSSR count). The maximum atomic E-state index is 13.6. The molecule has 0 aromatic heterocycles. The summed E-state index contributed by atoms with van der Waals surface area (Å²) in [6.45, 7) is 2.08. The summed E-state index contributed by atoms with van der Waals surface area (Å²) in [6, 6.07) is 16.0. The van der Waals surface area contributed by atoms with Gasteiger partial charge >= 0.3 is 0 Å². The van der Waals surface area contributed by atoms with E-state index >= 15 is 0 Å². The second-order valence-corrected chi connectivity index (χ2v) is 9.46. The minimum Gasteiger partial charge on any atom is -0.491 e. The van der Waals surface area contributed by atoms with Gasteiger partial charge in [0.1, 0.15) is 24.2 Å². The third-order valence-electron chi connectivity index (χ3n) is 4.90. The summed E-state index contributed by atoms with van der Waals surface area (Å²) in [5.74, 6) is -0.463. The smallest absolute Gasteiger partial charge is 0.244 e. The van der Waals surface area contributed by atoms with Gasteiger partial charge in [0.05, 0.1) is 23.5 Å². The van der Waals surface area contributed by atoms with Gasteiger partial charge in [0, 0.05) is 5.39 Å². The van der Waals surface area contributed by atoms with Crippen LogP contribution >= 0.6 is 11.6 Å². The molecule has 0 aliphatic carbocycles. The summed E-state index contributed by atoms with van der Waals surface area (Å²) < 4.78 is 45.2. The van der Waals surface area contributed by atoms with Crippen molar-refractivity contribution in [3.8, 4) is 5.75 Å². The van der Waals surface area contributed by atoms with Gasteiger partial charge in [-0.1, -0.05) is 54.9 Å². The molecule has 3 aromatic carbocycles. The van der Waals surface area contributed by atoms with Crippen molar-refractivity contribution in [1.82, 2.24) is 5.32 Å². The number of benzene rings is 3. The predicted molar refractivity (Wildman–Crippen MR) is 125 cm³/mol. The van der Waals surface area contributed by atoms with Crippen molar-refractivity contribution in [3.63, 3.8) is 0 Å². The van der Waals surface area contributed by atoms with E-state index in [1.165, 1.54) is 12.1 Å². The maximum Gasteiger partial charge on any atom is 0.244 e. The topological polar surface area (TPSA) is 75.7 Å². The highest BCUT2D eigenvalue weighted by Crippen LogP contribution is 2.27. The normalized spacial score (nSPS) is 12.4. The molecule has 3 aromatic rings. The molecular weight excluding hydrogens is 455 g/mol. The van der Waals surface area contributed by atoms with E-state index in [1.54, 1.807) is 6.92 Å². The van der Waals surface area contributed by atoms with Crippen molar-refractivity contribution in [3.05, 3.63) is 71.5 Å². The fourth-order valence-corrected chi connectivity index (χ4v) is 4.84. The lowest BCUT2D eigenvalue weighted by atomic mass is 10.1. The number of carbonyl (C=O) groups is 1. The summed E-state index contributed by atoms with van der Waals surface area (Å²) in [5.41, 5.74) is 0.118. The molecule has 9 heteroatoms. The Morgan fingerprint density at radius 2 is 1.88 bits per heavy atom. The SMILES string of the molecule is CC[C@@H](C(=O)NCCOc1cccc2ccccc12)N(c1ccc(F)c(Cl)c1)S(C)(=O)=O. The van der Waals surface area contributed by atoms with E-state index in [4.69, 9.17) is 16.3 Å². The molecule has 0 bridgehead atoms. The lowest BCUT2D eigenvalue weighted by Crippen LogP contribution is -2.50. The van der Waals surface area contributed by atoms with Crippen LogP contribution in [-0.4, -0.2) is 39.8 Å².